The summed E-state index contributed by atoms with van der Waals surface area (Å²) in [5.41, 5.74) is 0. The van der Waals surface area contributed by atoms with Gasteiger partial charge in [-0.1, -0.05) is 13.8 Å². The Morgan fingerprint density at radius 1 is 1.18 bits per heavy atom. The maximum atomic E-state index is 11.4. The standard InChI is InChI=1S/C14H28N2O/c1-4-9-16(10-5-2)14-7-6-11-15(12-8-14)13(3)17/h14H,4-12H2,1-3H3. The fraction of sp³-hybridized carbons (Fsp3) is 0.929. The van der Waals surface area contributed by atoms with E-state index >= 15 is 0 Å². The summed E-state index contributed by atoms with van der Waals surface area (Å²) in [5, 5.41) is 0. The van der Waals surface area contributed by atoms with Crippen molar-refractivity contribution in [3.63, 3.8) is 0 Å². The van der Waals surface area contributed by atoms with Gasteiger partial charge in [0.15, 0.2) is 0 Å². The van der Waals surface area contributed by atoms with Crippen LogP contribution in [0.15, 0.2) is 0 Å². The molecule has 0 aromatic rings. The van der Waals surface area contributed by atoms with Gasteiger partial charge in [-0.3, -0.25) is 4.79 Å². The Kier molecular flexibility index (Phi) is 6.56. The number of likely N-dealkylation sites (tertiary alicyclic amines) is 1. The van der Waals surface area contributed by atoms with Crippen LogP contribution in [-0.4, -0.2) is 47.9 Å². The smallest absolute Gasteiger partial charge is 0.219 e. The van der Waals surface area contributed by atoms with Crippen LogP contribution in [0.2, 0.25) is 0 Å². The molecular formula is C14H28N2O. The minimum Gasteiger partial charge on any atom is -0.343 e. The highest BCUT2D eigenvalue weighted by Gasteiger charge is 2.22. The van der Waals surface area contributed by atoms with Crippen molar-refractivity contribution in [1.29, 1.82) is 0 Å². The number of hydrogen-bond acceptors (Lipinski definition) is 2. The van der Waals surface area contributed by atoms with Gasteiger partial charge >= 0.3 is 0 Å². The van der Waals surface area contributed by atoms with Gasteiger partial charge in [0.2, 0.25) is 5.91 Å². The van der Waals surface area contributed by atoms with Crippen molar-refractivity contribution in [2.45, 2.75) is 58.9 Å². The van der Waals surface area contributed by atoms with Gasteiger partial charge in [-0.05, 0) is 45.2 Å². The predicted molar refractivity (Wildman–Crippen MR) is 72.0 cm³/mol. The van der Waals surface area contributed by atoms with Gasteiger partial charge in [-0.15, -0.1) is 0 Å². The summed E-state index contributed by atoms with van der Waals surface area (Å²) >= 11 is 0. The summed E-state index contributed by atoms with van der Waals surface area (Å²) in [4.78, 5) is 16.0. The molecule has 0 saturated carbocycles. The highest BCUT2D eigenvalue weighted by atomic mass is 16.2. The summed E-state index contributed by atoms with van der Waals surface area (Å²) in [5.74, 6) is 0.239. The highest BCUT2D eigenvalue weighted by molar-refractivity contribution is 5.73. The minimum absolute atomic E-state index is 0.239. The van der Waals surface area contributed by atoms with Gasteiger partial charge in [0, 0.05) is 26.1 Å². The summed E-state index contributed by atoms with van der Waals surface area (Å²) < 4.78 is 0. The number of nitrogens with zero attached hydrogens (tertiary/aromatic N) is 2. The van der Waals surface area contributed by atoms with Crippen LogP contribution >= 0.6 is 0 Å². The number of hydrogen-bond donors (Lipinski definition) is 0. The van der Waals surface area contributed by atoms with Crippen molar-refractivity contribution in [3.05, 3.63) is 0 Å². The van der Waals surface area contributed by atoms with Gasteiger partial charge in [0.25, 0.3) is 0 Å². The molecule has 0 aromatic heterocycles. The van der Waals surface area contributed by atoms with Crippen LogP contribution in [0.3, 0.4) is 0 Å². The minimum atomic E-state index is 0.239. The van der Waals surface area contributed by atoms with Crippen molar-refractivity contribution in [1.82, 2.24) is 9.80 Å². The molecule has 3 nitrogen and oxygen atoms in total. The van der Waals surface area contributed by atoms with Gasteiger partial charge in [-0.25, -0.2) is 0 Å². The maximum Gasteiger partial charge on any atom is 0.219 e. The molecule has 0 aliphatic carbocycles. The third kappa shape index (κ3) is 4.66. The second kappa shape index (κ2) is 7.70. The molecule has 1 atom stereocenters. The Labute approximate surface area is 106 Å². The van der Waals surface area contributed by atoms with Crippen molar-refractivity contribution >= 4 is 5.91 Å². The van der Waals surface area contributed by atoms with Crippen LogP contribution < -0.4 is 0 Å². The fourth-order valence-corrected chi connectivity index (χ4v) is 2.81. The van der Waals surface area contributed by atoms with E-state index < -0.39 is 0 Å². The molecule has 1 aliphatic rings. The SMILES string of the molecule is CCCN(CCC)C1CCCN(C(C)=O)CC1. The lowest BCUT2D eigenvalue weighted by Crippen LogP contribution is -2.37. The summed E-state index contributed by atoms with van der Waals surface area (Å²) in [7, 11) is 0. The van der Waals surface area contributed by atoms with E-state index in [0.29, 0.717) is 6.04 Å². The third-order valence-electron chi connectivity index (χ3n) is 3.68. The Morgan fingerprint density at radius 3 is 2.35 bits per heavy atom. The van der Waals surface area contributed by atoms with E-state index in [-0.39, 0.29) is 5.91 Å². The Hall–Kier alpha value is -0.570. The second-order valence-electron chi connectivity index (χ2n) is 5.13. The number of carbonyl (C=O) groups excluding carboxylic acids is 1. The molecule has 1 saturated heterocycles. The van der Waals surface area contributed by atoms with E-state index in [1.807, 2.05) is 4.90 Å². The number of carbonyl (C=O) groups is 1. The molecule has 0 spiro atoms. The molecule has 1 fully saturated rings. The van der Waals surface area contributed by atoms with Crippen LogP contribution in [0.4, 0.5) is 0 Å². The summed E-state index contributed by atoms with van der Waals surface area (Å²) in [6.45, 7) is 10.5. The van der Waals surface area contributed by atoms with E-state index in [4.69, 9.17) is 0 Å². The first-order chi connectivity index (χ1) is 8.19. The zero-order valence-corrected chi connectivity index (χ0v) is 11.7. The van der Waals surface area contributed by atoms with Crippen LogP contribution in [0.1, 0.15) is 52.9 Å². The fourth-order valence-electron chi connectivity index (χ4n) is 2.81. The van der Waals surface area contributed by atoms with Crippen LogP contribution in [-0.2, 0) is 4.79 Å². The van der Waals surface area contributed by atoms with E-state index in [1.54, 1.807) is 6.92 Å². The maximum absolute atomic E-state index is 11.4. The molecule has 17 heavy (non-hydrogen) atoms. The molecule has 0 bridgehead atoms. The average molecular weight is 240 g/mol. The first kappa shape index (κ1) is 14.5. The van der Waals surface area contributed by atoms with Crippen molar-refractivity contribution in [2.75, 3.05) is 26.2 Å². The Morgan fingerprint density at radius 2 is 1.82 bits per heavy atom. The monoisotopic (exact) mass is 240 g/mol. The van der Waals surface area contributed by atoms with Crippen LogP contribution in [0.5, 0.6) is 0 Å². The molecule has 1 amide bonds. The van der Waals surface area contributed by atoms with E-state index in [0.717, 1.165) is 25.9 Å². The molecule has 0 radical (unpaired) electrons. The molecule has 0 aromatic carbocycles. The quantitative estimate of drug-likeness (QED) is 0.737. The largest absolute Gasteiger partial charge is 0.343 e. The van der Waals surface area contributed by atoms with Gasteiger partial charge < -0.3 is 9.80 Å². The van der Waals surface area contributed by atoms with Crippen LogP contribution in [0, 0.1) is 0 Å². The Balaban J connectivity index is 2.50. The number of rotatable bonds is 5. The first-order valence-electron chi connectivity index (χ1n) is 7.18. The number of amides is 1. The third-order valence-corrected chi connectivity index (χ3v) is 3.68. The summed E-state index contributed by atoms with van der Waals surface area (Å²) in [6, 6.07) is 0.694. The normalized spacial score (nSPS) is 21.6. The molecule has 3 heteroatoms. The zero-order chi connectivity index (χ0) is 12.7. The summed E-state index contributed by atoms with van der Waals surface area (Å²) in [6.07, 6.45) is 6.03. The molecule has 1 unspecified atom stereocenters. The van der Waals surface area contributed by atoms with E-state index in [1.165, 1.54) is 32.4 Å². The van der Waals surface area contributed by atoms with Gasteiger partial charge in [0.05, 0.1) is 0 Å². The van der Waals surface area contributed by atoms with Crippen molar-refractivity contribution in [3.8, 4) is 0 Å². The average Bonchev–Trinajstić information content (AvgIpc) is 2.54. The lowest BCUT2D eigenvalue weighted by atomic mass is 10.1. The molecule has 1 aliphatic heterocycles. The van der Waals surface area contributed by atoms with Gasteiger partial charge in [-0.2, -0.15) is 0 Å². The Bertz CT molecular complexity index is 224. The first-order valence-corrected chi connectivity index (χ1v) is 7.18. The molecule has 1 heterocycles. The zero-order valence-electron chi connectivity index (χ0n) is 11.7. The predicted octanol–water partition coefficient (Wildman–Crippen LogP) is 2.51. The van der Waals surface area contributed by atoms with Crippen molar-refractivity contribution < 1.29 is 4.79 Å². The van der Waals surface area contributed by atoms with Crippen LogP contribution in [0.25, 0.3) is 0 Å². The molecule has 0 N–H and O–H groups in total. The van der Waals surface area contributed by atoms with Gasteiger partial charge in [0.1, 0.15) is 0 Å². The van der Waals surface area contributed by atoms with Crippen molar-refractivity contribution in [2.24, 2.45) is 0 Å². The lowest BCUT2D eigenvalue weighted by molar-refractivity contribution is -0.128. The highest BCUT2D eigenvalue weighted by Crippen LogP contribution is 2.17. The lowest BCUT2D eigenvalue weighted by Gasteiger charge is -2.30. The van der Waals surface area contributed by atoms with E-state index in [9.17, 15) is 4.79 Å². The topological polar surface area (TPSA) is 23.6 Å². The van der Waals surface area contributed by atoms with E-state index in [2.05, 4.69) is 18.7 Å². The second-order valence-corrected chi connectivity index (χ2v) is 5.13. The molecule has 100 valence electrons. The molecular weight excluding hydrogens is 212 g/mol. The molecule has 1 rings (SSSR count).